The zero-order valence-corrected chi connectivity index (χ0v) is 10.8. The third kappa shape index (κ3) is 2.72. The maximum atomic E-state index is 9.68. The Hall–Kier alpha value is -1.78. The van der Waals surface area contributed by atoms with Crippen LogP contribution < -0.4 is 5.32 Å². The van der Waals surface area contributed by atoms with E-state index in [4.69, 9.17) is 23.8 Å². The molecule has 0 spiro atoms. The van der Waals surface area contributed by atoms with Crippen molar-refractivity contribution in [2.24, 2.45) is 0 Å². The van der Waals surface area contributed by atoms with E-state index in [1.54, 1.807) is 30.3 Å². The van der Waals surface area contributed by atoms with Gasteiger partial charge in [0.05, 0.1) is 5.56 Å². The van der Waals surface area contributed by atoms with Crippen molar-refractivity contribution in [2.75, 3.05) is 5.32 Å². The van der Waals surface area contributed by atoms with E-state index in [9.17, 15) is 10.2 Å². The van der Waals surface area contributed by atoms with Gasteiger partial charge in [0.25, 0.3) is 0 Å². The van der Waals surface area contributed by atoms with Crippen molar-refractivity contribution in [3.8, 4) is 11.5 Å². The molecule has 0 aliphatic heterocycles. The molecular weight excluding hydrogens is 270 g/mol. The summed E-state index contributed by atoms with van der Waals surface area (Å²) in [6.07, 6.45) is 0. The number of halogens is 1. The molecule has 0 fully saturated rings. The van der Waals surface area contributed by atoms with E-state index in [-0.39, 0.29) is 22.1 Å². The fourth-order valence-electron chi connectivity index (χ4n) is 1.49. The van der Waals surface area contributed by atoms with E-state index >= 15 is 0 Å². The fourth-order valence-corrected chi connectivity index (χ4v) is 1.94. The molecule has 0 aliphatic rings. The van der Waals surface area contributed by atoms with Crippen LogP contribution in [-0.2, 0) is 0 Å². The maximum absolute atomic E-state index is 9.68. The molecule has 0 bridgehead atoms. The fraction of sp³-hybridized carbons (Fsp3) is 0. The molecule has 0 aromatic heterocycles. The van der Waals surface area contributed by atoms with Crippen molar-refractivity contribution in [1.82, 2.24) is 0 Å². The topological polar surface area (TPSA) is 52.5 Å². The molecule has 0 aliphatic carbocycles. The van der Waals surface area contributed by atoms with Crippen LogP contribution in [0.2, 0.25) is 5.02 Å². The van der Waals surface area contributed by atoms with E-state index in [2.05, 4.69) is 5.32 Å². The Kier molecular flexibility index (Phi) is 3.69. The van der Waals surface area contributed by atoms with Gasteiger partial charge < -0.3 is 15.5 Å². The minimum atomic E-state index is -0.0681. The number of thiocarbonyl (C=S) groups is 1. The average Bonchev–Trinajstić information content (AvgIpc) is 2.32. The average molecular weight is 280 g/mol. The van der Waals surface area contributed by atoms with Crippen LogP contribution in [0.25, 0.3) is 0 Å². The first-order valence-corrected chi connectivity index (χ1v) is 5.94. The predicted molar refractivity (Wildman–Crippen MR) is 76.5 cm³/mol. The number of nitrogens with one attached hydrogen (secondary N) is 1. The van der Waals surface area contributed by atoms with Crippen LogP contribution in [0.4, 0.5) is 5.69 Å². The van der Waals surface area contributed by atoms with Gasteiger partial charge in [-0.2, -0.15) is 0 Å². The van der Waals surface area contributed by atoms with E-state index in [0.29, 0.717) is 5.02 Å². The number of benzene rings is 2. The second-order valence-electron chi connectivity index (χ2n) is 3.63. The molecule has 3 N–H and O–H groups in total. The summed E-state index contributed by atoms with van der Waals surface area (Å²) in [5.74, 6) is -0.136. The van der Waals surface area contributed by atoms with Gasteiger partial charge in [-0.05, 0) is 36.4 Å². The van der Waals surface area contributed by atoms with Crippen molar-refractivity contribution in [3.63, 3.8) is 0 Å². The largest absolute Gasteiger partial charge is 0.507 e. The van der Waals surface area contributed by atoms with Gasteiger partial charge in [-0.3, -0.25) is 0 Å². The lowest BCUT2D eigenvalue weighted by Crippen LogP contribution is -2.10. The van der Waals surface area contributed by atoms with Gasteiger partial charge in [0.1, 0.15) is 16.5 Å². The summed E-state index contributed by atoms with van der Waals surface area (Å²) in [4.78, 5) is 0.243. The number of hydrogen-bond donors (Lipinski definition) is 3. The molecule has 0 amide bonds. The van der Waals surface area contributed by atoms with Crippen molar-refractivity contribution in [2.45, 2.75) is 0 Å². The highest BCUT2D eigenvalue weighted by Crippen LogP contribution is 2.27. The van der Waals surface area contributed by atoms with Gasteiger partial charge >= 0.3 is 0 Å². The number of rotatable bonds is 2. The maximum Gasteiger partial charge on any atom is 0.129 e. The van der Waals surface area contributed by atoms with E-state index in [0.717, 1.165) is 5.69 Å². The molecule has 2 aromatic rings. The summed E-state index contributed by atoms with van der Waals surface area (Å²) in [5.41, 5.74) is 0.939. The van der Waals surface area contributed by atoms with Gasteiger partial charge in [0, 0.05) is 10.7 Å². The van der Waals surface area contributed by atoms with Crippen LogP contribution in [0.15, 0.2) is 42.5 Å². The third-order valence-corrected chi connectivity index (χ3v) is 2.91. The molecule has 0 unspecified atom stereocenters. The summed E-state index contributed by atoms with van der Waals surface area (Å²) in [5, 5.41) is 22.9. The lowest BCUT2D eigenvalue weighted by atomic mass is 10.1. The van der Waals surface area contributed by atoms with Crippen LogP contribution in [0.3, 0.4) is 0 Å². The molecule has 5 heteroatoms. The van der Waals surface area contributed by atoms with Crippen LogP contribution in [0.5, 0.6) is 11.5 Å². The molecule has 3 nitrogen and oxygen atoms in total. The van der Waals surface area contributed by atoms with Crippen molar-refractivity contribution in [1.29, 1.82) is 0 Å². The van der Waals surface area contributed by atoms with Crippen molar-refractivity contribution >= 4 is 34.5 Å². The van der Waals surface area contributed by atoms with Crippen LogP contribution >= 0.6 is 23.8 Å². The first-order chi connectivity index (χ1) is 8.58. The molecular formula is C13H10ClNO2S. The quantitative estimate of drug-likeness (QED) is 0.736. The summed E-state index contributed by atoms with van der Waals surface area (Å²) < 4.78 is 0. The zero-order valence-electron chi connectivity index (χ0n) is 9.22. The van der Waals surface area contributed by atoms with Crippen molar-refractivity contribution in [3.05, 3.63) is 53.1 Å². The number of hydrogen-bond acceptors (Lipinski definition) is 3. The lowest BCUT2D eigenvalue weighted by molar-refractivity contribution is 0.449. The highest BCUT2D eigenvalue weighted by molar-refractivity contribution is 7.81. The number of phenolic OH excluding ortho intramolecular Hbond substituents is 2. The molecule has 2 rings (SSSR count). The number of aromatic hydroxyl groups is 2. The molecule has 92 valence electrons. The smallest absolute Gasteiger partial charge is 0.129 e. The predicted octanol–water partition coefficient (Wildman–Crippen LogP) is 3.54. The summed E-state index contributed by atoms with van der Waals surface area (Å²) in [7, 11) is 0. The molecule has 18 heavy (non-hydrogen) atoms. The van der Waals surface area contributed by atoms with Crippen LogP contribution in [-0.4, -0.2) is 15.2 Å². The Morgan fingerprint density at radius 3 is 2.11 bits per heavy atom. The van der Waals surface area contributed by atoms with Gasteiger partial charge in [0.15, 0.2) is 0 Å². The summed E-state index contributed by atoms with van der Waals surface area (Å²) in [6, 6.07) is 11.4. The standard InChI is InChI=1S/C13H10ClNO2S/c14-8-4-6-9(7-5-8)15-13(18)12-10(16)2-1-3-11(12)17/h1-7,16-17H,(H,15,18). The van der Waals surface area contributed by atoms with Gasteiger partial charge in [0.2, 0.25) is 0 Å². The second-order valence-corrected chi connectivity index (χ2v) is 4.48. The van der Waals surface area contributed by atoms with Crippen molar-refractivity contribution < 1.29 is 10.2 Å². The first kappa shape index (κ1) is 12.7. The highest BCUT2D eigenvalue weighted by atomic mass is 35.5. The van der Waals surface area contributed by atoms with Gasteiger partial charge in [-0.15, -0.1) is 0 Å². The van der Waals surface area contributed by atoms with Crippen LogP contribution in [0, 0.1) is 0 Å². The normalized spacial score (nSPS) is 10.1. The monoisotopic (exact) mass is 279 g/mol. The van der Waals surface area contributed by atoms with Gasteiger partial charge in [-0.25, -0.2) is 0 Å². The first-order valence-electron chi connectivity index (χ1n) is 5.16. The molecule has 0 saturated heterocycles. The second kappa shape index (κ2) is 5.25. The minimum Gasteiger partial charge on any atom is -0.507 e. The summed E-state index contributed by atoms with van der Waals surface area (Å²) in [6.45, 7) is 0. The number of phenols is 2. The van der Waals surface area contributed by atoms with Crippen LogP contribution in [0.1, 0.15) is 5.56 Å². The van der Waals surface area contributed by atoms with E-state index < -0.39 is 0 Å². The molecule has 0 heterocycles. The Labute approximate surface area is 115 Å². The zero-order chi connectivity index (χ0) is 13.1. The Morgan fingerprint density at radius 1 is 1.00 bits per heavy atom. The molecule has 0 atom stereocenters. The molecule has 0 radical (unpaired) electrons. The SMILES string of the molecule is Oc1cccc(O)c1C(=S)Nc1ccc(Cl)cc1. The number of anilines is 1. The Bertz CT molecular complexity index is 564. The molecule has 2 aromatic carbocycles. The molecule has 0 saturated carbocycles. The Morgan fingerprint density at radius 2 is 1.56 bits per heavy atom. The van der Waals surface area contributed by atoms with E-state index in [1.807, 2.05) is 0 Å². The highest BCUT2D eigenvalue weighted by Gasteiger charge is 2.12. The van der Waals surface area contributed by atoms with Gasteiger partial charge in [-0.1, -0.05) is 29.9 Å². The third-order valence-electron chi connectivity index (χ3n) is 2.35. The minimum absolute atomic E-state index is 0.0681. The summed E-state index contributed by atoms with van der Waals surface area (Å²) >= 11 is 10.9. The lowest BCUT2D eigenvalue weighted by Gasteiger charge is -2.11. The Balaban J connectivity index is 2.25. The van der Waals surface area contributed by atoms with E-state index in [1.165, 1.54) is 12.1 Å².